The molecule has 0 heterocycles. The predicted molar refractivity (Wildman–Crippen MR) is 114 cm³/mol. The summed E-state index contributed by atoms with van der Waals surface area (Å²) in [6.07, 6.45) is 0. The molecule has 0 amide bonds. The lowest BCUT2D eigenvalue weighted by molar-refractivity contribution is 0.629. The Morgan fingerprint density at radius 1 is 0.519 bits per heavy atom. The van der Waals surface area contributed by atoms with Crippen LogP contribution in [-0.2, 0) is 0 Å². The Bertz CT molecular complexity index is 1030. The summed E-state index contributed by atoms with van der Waals surface area (Å²) in [7, 11) is -2.42. The van der Waals surface area contributed by atoms with Gasteiger partial charge in [0.15, 0.2) is 0 Å². The number of halogens is 1. The van der Waals surface area contributed by atoms with Crippen LogP contribution in [0.25, 0.3) is 0 Å². The first-order chi connectivity index (χ1) is 13.3. The molecule has 4 aromatic carbocycles. The quantitative estimate of drug-likeness (QED) is 0.412. The van der Waals surface area contributed by atoms with Gasteiger partial charge >= 0.3 is 0 Å². The number of nitrogens with zero attached hydrogens (tertiary/aromatic N) is 1. The van der Waals surface area contributed by atoms with Crippen LogP contribution >= 0.6 is 7.05 Å². The lowest BCUT2D eigenvalue weighted by Crippen LogP contribution is -2.25. The molecule has 4 rings (SSSR count). The van der Waals surface area contributed by atoms with Crippen LogP contribution in [0.2, 0.25) is 0 Å². The molecule has 132 valence electrons. The maximum absolute atomic E-state index is 14.2. The molecule has 0 N–H and O–H groups in total. The van der Waals surface area contributed by atoms with Crippen LogP contribution in [-0.4, -0.2) is 0 Å². The van der Waals surface area contributed by atoms with Gasteiger partial charge in [-0.1, -0.05) is 91.0 Å². The number of hydrogen-bond donors (Lipinski definition) is 0. The minimum Gasteiger partial charge on any atom is -0.254 e. The summed E-state index contributed by atoms with van der Waals surface area (Å²) >= 11 is 0. The summed E-state index contributed by atoms with van der Waals surface area (Å²) in [5.41, 5.74) is 0.891. The van der Waals surface area contributed by atoms with Gasteiger partial charge in [0.1, 0.15) is 5.82 Å². The highest BCUT2D eigenvalue weighted by molar-refractivity contribution is 7.87. The van der Waals surface area contributed by atoms with Crippen molar-refractivity contribution in [3.05, 3.63) is 121 Å². The van der Waals surface area contributed by atoms with Crippen LogP contribution in [0.1, 0.15) is 0 Å². The van der Waals surface area contributed by atoms with Crippen LogP contribution in [0.4, 0.5) is 10.1 Å². The minimum absolute atomic E-state index is 0.244. The Balaban J connectivity index is 2.14. The molecular formula is C24H19FNP. The van der Waals surface area contributed by atoms with E-state index in [-0.39, 0.29) is 5.82 Å². The van der Waals surface area contributed by atoms with Crippen molar-refractivity contribution >= 4 is 28.7 Å². The van der Waals surface area contributed by atoms with Crippen molar-refractivity contribution in [2.75, 3.05) is 0 Å². The molecule has 1 nitrogen and oxygen atoms in total. The van der Waals surface area contributed by atoms with Crippen LogP contribution in [0, 0.1) is 5.82 Å². The topological polar surface area (TPSA) is 12.4 Å². The van der Waals surface area contributed by atoms with Gasteiger partial charge in [-0.2, -0.15) is 0 Å². The SMILES string of the molecule is Fc1cccc(P(=Nc2ccccc2)(c2ccccc2)c2ccccc2)c1. The Labute approximate surface area is 159 Å². The Hall–Kier alpha value is -2.96. The number of hydrogen-bond acceptors (Lipinski definition) is 1. The number of benzene rings is 4. The summed E-state index contributed by atoms with van der Waals surface area (Å²) in [6.45, 7) is 0. The van der Waals surface area contributed by atoms with E-state index in [1.54, 1.807) is 12.1 Å². The fraction of sp³-hybridized carbons (Fsp3) is 0. The largest absolute Gasteiger partial charge is 0.254 e. The third kappa shape index (κ3) is 3.49. The fourth-order valence-corrected chi connectivity index (χ4v) is 6.79. The zero-order chi connectivity index (χ0) is 18.5. The van der Waals surface area contributed by atoms with Gasteiger partial charge < -0.3 is 0 Å². The van der Waals surface area contributed by atoms with E-state index in [1.807, 2.05) is 72.8 Å². The first-order valence-electron chi connectivity index (χ1n) is 8.84. The van der Waals surface area contributed by atoms with E-state index in [2.05, 4.69) is 24.3 Å². The maximum atomic E-state index is 14.2. The van der Waals surface area contributed by atoms with Crippen molar-refractivity contribution in [2.24, 2.45) is 4.74 Å². The van der Waals surface area contributed by atoms with Crippen LogP contribution in [0.15, 0.2) is 120 Å². The van der Waals surface area contributed by atoms with Crippen molar-refractivity contribution < 1.29 is 4.39 Å². The van der Waals surface area contributed by atoms with Gasteiger partial charge in [0.25, 0.3) is 0 Å². The van der Waals surface area contributed by atoms with Gasteiger partial charge in [0.05, 0.1) is 12.7 Å². The monoisotopic (exact) mass is 371 g/mol. The molecule has 3 heteroatoms. The second-order valence-corrected chi connectivity index (χ2v) is 9.24. The van der Waals surface area contributed by atoms with E-state index in [4.69, 9.17) is 4.74 Å². The van der Waals surface area contributed by atoms with Gasteiger partial charge in [0.2, 0.25) is 0 Å². The second kappa shape index (κ2) is 7.73. The van der Waals surface area contributed by atoms with Crippen LogP contribution in [0.3, 0.4) is 0 Å². The zero-order valence-electron chi connectivity index (χ0n) is 14.7. The molecule has 0 saturated heterocycles. The molecule has 27 heavy (non-hydrogen) atoms. The van der Waals surface area contributed by atoms with Crippen LogP contribution < -0.4 is 15.9 Å². The normalized spacial score (nSPS) is 11.1. The highest BCUT2D eigenvalue weighted by Crippen LogP contribution is 2.49. The molecule has 0 bridgehead atoms. The molecule has 0 aliphatic heterocycles. The molecule has 0 atom stereocenters. The van der Waals surface area contributed by atoms with E-state index in [0.29, 0.717) is 0 Å². The van der Waals surface area contributed by atoms with Gasteiger partial charge in [-0.25, -0.2) is 4.39 Å². The van der Waals surface area contributed by atoms with Crippen molar-refractivity contribution in [1.29, 1.82) is 0 Å². The molecule has 4 aromatic rings. The Morgan fingerprint density at radius 3 is 1.52 bits per heavy atom. The zero-order valence-corrected chi connectivity index (χ0v) is 15.6. The van der Waals surface area contributed by atoms with E-state index >= 15 is 0 Å². The third-order valence-corrected chi connectivity index (χ3v) is 8.11. The van der Waals surface area contributed by atoms with Gasteiger partial charge in [-0.3, -0.25) is 4.74 Å². The molecule has 0 unspecified atom stereocenters. The molecule has 0 aromatic heterocycles. The van der Waals surface area contributed by atoms with E-state index in [0.717, 1.165) is 21.6 Å². The lowest BCUT2D eigenvalue weighted by Gasteiger charge is -2.27. The van der Waals surface area contributed by atoms with Gasteiger partial charge in [-0.15, -0.1) is 0 Å². The average molecular weight is 371 g/mol. The van der Waals surface area contributed by atoms with E-state index in [1.165, 1.54) is 6.07 Å². The highest BCUT2D eigenvalue weighted by Gasteiger charge is 2.27. The fourth-order valence-electron chi connectivity index (χ4n) is 3.25. The van der Waals surface area contributed by atoms with Crippen molar-refractivity contribution in [2.45, 2.75) is 0 Å². The summed E-state index contributed by atoms with van der Waals surface area (Å²) in [6, 6.07) is 37.3. The summed E-state index contributed by atoms with van der Waals surface area (Å²) < 4.78 is 19.5. The summed E-state index contributed by atoms with van der Waals surface area (Å²) in [5.74, 6) is -0.244. The second-order valence-electron chi connectivity index (χ2n) is 6.22. The van der Waals surface area contributed by atoms with Crippen molar-refractivity contribution in [1.82, 2.24) is 0 Å². The molecule has 0 radical (unpaired) electrons. The van der Waals surface area contributed by atoms with E-state index in [9.17, 15) is 4.39 Å². The van der Waals surface area contributed by atoms with Crippen molar-refractivity contribution in [3.8, 4) is 0 Å². The summed E-state index contributed by atoms with van der Waals surface area (Å²) in [4.78, 5) is 0. The minimum atomic E-state index is -2.42. The first-order valence-corrected chi connectivity index (χ1v) is 10.6. The summed E-state index contributed by atoms with van der Waals surface area (Å²) in [5, 5.41) is 3.11. The smallest absolute Gasteiger partial charge is 0.123 e. The third-order valence-electron chi connectivity index (χ3n) is 4.46. The standard InChI is InChI=1S/C24H19FNP/c25-20-11-10-18-24(19-20)27(22-14-6-2-7-15-22,23-16-8-3-9-17-23)26-21-12-4-1-5-13-21/h1-19H. The molecule has 0 fully saturated rings. The Kier molecular flexibility index (Phi) is 5.00. The lowest BCUT2D eigenvalue weighted by atomic mass is 10.3. The molecule has 0 spiro atoms. The van der Waals surface area contributed by atoms with Gasteiger partial charge in [0, 0.05) is 15.9 Å². The predicted octanol–water partition coefficient (Wildman–Crippen LogP) is 5.63. The highest BCUT2D eigenvalue weighted by atomic mass is 31.2. The average Bonchev–Trinajstić information content (AvgIpc) is 2.74. The Morgan fingerprint density at radius 2 is 1.00 bits per heavy atom. The van der Waals surface area contributed by atoms with E-state index < -0.39 is 7.05 Å². The molecule has 0 aliphatic carbocycles. The molecular weight excluding hydrogens is 352 g/mol. The van der Waals surface area contributed by atoms with Gasteiger partial charge in [-0.05, 0) is 24.3 Å². The van der Waals surface area contributed by atoms with Crippen molar-refractivity contribution in [3.63, 3.8) is 0 Å². The molecule has 0 saturated carbocycles. The van der Waals surface area contributed by atoms with Crippen LogP contribution in [0.5, 0.6) is 0 Å². The maximum Gasteiger partial charge on any atom is 0.123 e. The molecule has 0 aliphatic rings. The first kappa shape index (κ1) is 17.5. The number of rotatable bonds is 4.